The molecular weight excluding hydrogens is 293 g/mol. The van der Waals surface area contributed by atoms with E-state index in [1.807, 2.05) is 6.92 Å². The first kappa shape index (κ1) is 15.5. The second-order valence-electron chi connectivity index (χ2n) is 4.55. The van der Waals surface area contributed by atoms with Gasteiger partial charge in [-0.2, -0.15) is 0 Å². The number of halogens is 1. The van der Waals surface area contributed by atoms with Crippen LogP contribution in [0, 0.1) is 5.82 Å². The van der Waals surface area contributed by atoms with Gasteiger partial charge in [-0.25, -0.2) is 12.8 Å². The molecule has 0 aliphatic heterocycles. The molecule has 0 aliphatic rings. The largest absolute Gasteiger partial charge is 0.392 e. The third kappa shape index (κ3) is 3.59. The van der Waals surface area contributed by atoms with Crippen molar-refractivity contribution in [1.29, 1.82) is 0 Å². The van der Waals surface area contributed by atoms with Gasteiger partial charge in [-0.1, -0.05) is 13.0 Å². The van der Waals surface area contributed by atoms with Crippen molar-refractivity contribution in [3.8, 4) is 0 Å². The van der Waals surface area contributed by atoms with Crippen molar-refractivity contribution >= 4 is 15.7 Å². The fourth-order valence-electron chi connectivity index (χ4n) is 1.99. The highest BCUT2D eigenvalue weighted by Crippen LogP contribution is 2.20. The van der Waals surface area contributed by atoms with E-state index in [0.717, 1.165) is 5.56 Å². The summed E-state index contributed by atoms with van der Waals surface area (Å²) in [6, 6.07) is 9.67. The Bertz CT molecular complexity index is 727. The van der Waals surface area contributed by atoms with Crippen molar-refractivity contribution in [3.05, 3.63) is 59.4 Å². The molecule has 0 saturated heterocycles. The Labute approximate surface area is 123 Å². The number of sulfonamides is 1. The van der Waals surface area contributed by atoms with E-state index in [1.165, 1.54) is 36.4 Å². The summed E-state index contributed by atoms with van der Waals surface area (Å²) in [7, 11) is -3.77. The lowest BCUT2D eigenvalue weighted by atomic mass is 10.1. The first-order valence-corrected chi connectivity index (χ1v) is 7.95. The van der Waals surface area contributed by atoms with Gasteiger partial charge in [-0.05, 0) is 53.9 Å². The average Bonchev–Trinajstić information content (AvgIpc) is 2.48. The first-order valence-electron chi connectivity index (χ1n) is 6.47. The third-order valence-corrected chi connectivity index (χ3v) is 4.51. The van der Waals surface area contributed by atoms with Gasteiger partial charge < -0.3 is 5.11 Å². The minimum atomic E-state index is -3.77. The summed E-state index contributed by atoms with van der Waals surface area (Å²) < 4.78 is 39.7. The van der Waals surface area contributed by atoms with Crippen LogP contribution in [0.25, 0.3) is 0 Å². The van der Waals surface area contributed by atoms with Crippen LogP contribution in [0.15, 0.2) is 47.4 Å². The van der Waals surface area contributed by atoms with Gasteiger partial charge in [0.05, 0.1) is 11.5 Å². The van der Waals surface area contributed by atoms with Crippen LogP contribution in [0.2, 0.25) is 0 Å². The molecule has 0 bridgehead atoms. The predicted octanol–water partition coefficient (Wildman–Crippen LogP) is 2.68. The highest BCUT2D eigenvalue weighted by atomic mass is 32.2. The van der Waals surface area contributed by atoms with Gasteiger partial charge in [0.25, 0.3) is 10.0 Å². The molecule has 0 atom stereocenters. The van der Waals surface area contributed by atoms with E-state index in [2.05, 4.69) is 4.72 Å². The fourth-order valence-corrected chi connectivity index (χ4v) is 3.10. The highest BCUT2D eigenvalue weighted by molar-refractivity contribution is 7.92. The van der Waals surface area contributed by atoms with Gasteiger partial charge in [0.15, 0.2) is 0 Å². The number of hydrogen-bond acceptors (Lipinski definition) is 3. The van der Waals surface area contributed by atoms with Crippen LogP contribution in [0.3, 0.4) is 0 Å². The summed E-state index contributed by atoms with van der Waals surface area (Å²) in [5, 5.41) is 9.30. The molecule has 2 rings (SSSR count). The van der Waals surface area contributed by atoms with Crippen LogP contribution in [-0.2, 0) is 23.1 Å². The molecule has 6 heteroatoms. The lowest BCUT2D eigenvalue weighted by Gasteiger charge is -2.11. The van der Waals surface area contributed by atoms with Gasteiger partial charge in [-0.3, -0.25) is 4.72 Å². The maximum absolute atomic E-state index is 12.8. The Morgan fingerprint density at radius 3 is 2.33 bits per heavy atom. The van der Waals surface area contributed by atoms with Crippen molar-refractivity contribution in [1.82, 2.24) is 0 Å². The zero-order chi connectivity index (χ0) is 15.5. The zero-order valence-electron chi connectivity index (χ0n) is 11.5. The van der Waals surface area contributed by atoms with Gasteiger partial charge in [0.2, 0.25) is 0 Å². The van der Waals surface area contributed by atoms with Crippen molar-refractivity contribution < 1.29 is 17.9 Å². The molecule has 21 heavy (non-hydrogen) atoms. The number of benzene rings is 2. The smallest absolute Gasteiger partial charge is 0.261 e. The van der Waals surface area contributed by atoms with E-state index in [4.69, 9.17) is 0 Å². The second-order valence-corrected chi connectivity index (χ2v) is 6.24. The van der Waals surface area contributed by atoms with Crippen molar-refractivity contribution in [2.75, 3.05) is 4.72 Å². The SMILES string of the molecule is CCc1ccc(S(=O)(=O)Nc2ccc(F)cc2)cc1CO. The molecule has 0 radical (unpaired) electrons. The van der Waals surface area contributed by atoms with Crippen LogP contribution in [0.5, 0.6) is 0 Å². The molecule has 0 saturated carbocycles. The number of hydrogen-bond donors (Lipinski definition) is 2. The molecule has 0 fully saturated rings. The standard InChI is InChI=1S/C15H16FNO3S/c1-2-11-3-8-15(9-12(11)10-18)21(19,20)17-14-6-4-13(16)5-7-14/h3-9,17-18H,2,10H2,1H3. The van der Waals surface area contributed by atoms with Crippen LogP contribution in [0.4, 0.5) is 10.1 Å². The second kappa shape index (κ2) is 6.24. The molecule has 0 aromatic heterocycles. The van der Waals surface area contributed by atoms with Crippen molar-refractivity contribution in [2.45, 2.75) is 24.8 Å². The molecule has 2 aromatic rings. The zero-order valence-corrected chi connectivity index (χ0v) is 12.3. The number of rotatable bonds is 5. The lowest BCUT2D eigenvalue weighted by molar-refractivity contribution is 0.280. The summed E-state index contributed by atoms with van der Waals surface area (Å²) in [5.74, 6) is -0.437. The number of nitrogens with one attached hydrogen (secondary N) is 1. The van der Waals surface area contributed by atoms with Gasteiger partial charge in [0, 0.05) is 5.69 Å². The third-order valence-electron chi connectivity index (χ3n) is 3.14. The minimum Gasteiger partial charge on any atom is -0.392 e. The van der Waals surface area contributed by atoms with Crippen molar-refractivity contribution in [2.24, 2.45) is 0 Å². The summed E-state index contributed by atoms with van der Waals surface area (Å²) in [4.78, 5) is 0.0630. The van der Waals surface area contributed by atoms with Crippen molar-refractivity contribution in [3.63, 3.8) is 0 Å². The molecule has 112 valence electrons. The number of aryl methyl sites for hydroxylation is 1. The Morgan fingerprint density at radius 2 is 1.76 bits per heavy atom. The first-order chi connectivity index (χ1) is 9.96. The fraction of sp³-hybridized carbons (Fsp3) is 0.200. The van der Waals surface area contributed by atoms with E-state index >= 15 is 0 Å². The van der Waals surface area contributed by atoms with Gasteiger partial charge >= 0.3 is 0 Å². The topological polar surface area (TPSA) is 66.4 Å². The highest BCUT2D eigenvalue weighted by Gasteiger charge is 2.16. The Morgan fingerprint density at radius 1 is 1.10 bits per heavy atom. The van der Waals surface area contributed by atoms with Crippen LogP contribution >= 0.6 is 0 Å². The van der Waals surface area contributed by atoms with E-state index < -0.39 is 15.8 Å². The van der Waals surface area contributed by atoms with Gasteiger partial charge in [0.1, 0.15) is 5.82 Å². The Kier molecular flexibility index (Phi) is 4.59. The normalized spacial score (nSPS) is 11.4. The number of aliphatic hydroxyl groups is 1. The molecular formula is C15H16FNO3S. The summed E-state index contributed by atoms with van der Waals surface area (Å²) in [6.45, 7) is 1.71. The summed E-state index contributed by atoms with van der Waals surface area (Å²) in [5.41, 5.74) is 1.76. The van der Waals surface area contributed by atoms with Crippen LogP contribution < -0.4 is 4.72 Å². The van der Waals surface area contributed by atoms with Crippen LogP contribution in [0.1, 0.15) is 18.1 Å². The maximum atomic E-state index is 12.8. The summed E-state index contributed by atoms with van der Waals surface area (Å²) in [6.07, 6.45) is 0.710. The van der Waals surface area contributed by atoms with E-state index in [-0.39, 0.29) is 17.2 Å². The van der Waals surface area contributed by atoms with Crippen LogP contribution in [-0.4, -0.2) is 13.5 Å². The van der Waals surface area contributed by atoms with Gasteiger partial charge in [-0.15, -0.1) is 0 Å². The predicted molar refractivity (Wildman–Crippen MR) is 79.0 cm³/mol. The van der Waals surface area contributed by atoms with E-state index in [0.29, 0.717) is 12.0 Å². The number of anilines is 1. The molecule has 2 N–H and O–H groups in total. The lowest BCUT2D eigenvalue weighted by Crippen LogP contribution is -2.13. The van der Waals surface area contributed by atoms with E-state index in [1.54, 1.807) is 6.07 Å². The molecule has 4 nitrogen and oxygen atoms in total. The molecule has 0 heterocycles. The number of aliphatic hydroxyl groups excluding tert-OH is 1. The average molecular weight is 309 g/mol. The maximum Gasteiger partial charge on any atom is 0.261 e. The molecule has 2 aromatic carbocycles. The molecule has 0 amide bonds. The molecule has 0 spiro atoms. The summed E-state index contributed by atoms with van der Waals surface area (Å²) >= 11 is 0. The van der Waals surface area contributed by atoms with E-state index in [9.17, 15) is 17.9 Å². The quantitative estimate of drug-likeness (QED) is 0.892. The Hall–Kier alpha value is -1.92. The Balaban J connectivity index is 2.33. The monoisotopic (exact) mass is 309 g/mol. The molecule has 0 aliphatic carbocycles. The minimum absolute atomic E-state index is 0.0630. The molecule has 0 unspecified atom stereocenters.